The largest absolute Gasteiger partial charge is 0.388 e. The summed E-state index contributed by atoms with van der Waals surface area (Å²) in [5, 5.41) is 9.92. The van der Waals surface area contributed by atoms with Crippen LogP contribution >= 0.6 is 0 Å². The summed E-state index contributed by atoms with van der Waals surface area (Å²) in [6.45, 7) is 2.33. The van der Waals surface area contributed by atoms with Gasteiger partial charge in [-0.25, -0.2) is 4.79 Å². The van der Waals surface area contributed by atoms with E-state index in [1.807, 2.05) is 4.98 Å². The Balaban J connectivity index is 2.26. The number of hydrogen-bond donors (Lipinski definition) is 3. The molecule has 1 aromatic heterocycles. The minimum absolute atomic E-state index is 0.118. The average molecular weight is 253 g/mol. The fourth-order valence-corrected chi connectivity index (χ4v) is 2.13. The molecule has 3 N–H and O–H groups in total. The van der Waals surface area contributed by atoms with Crippen LogP contribution in [0.1, 0.15) is 30.1 Å². The Bertz CT molecular complexity index is 572. The van der Waals surface area contributed by atoms with Gasteiger partial charge in [-0.2, -0.15) is 0 Å². The van der Waals surface area contributed by atoms with Crippen LogP contribution in [0.2, 0.25) is 0 Å². The maximum absolute atomic E-state index is 12.1. The van der Waals surface area contributed by atoms with Gasteiger partial charge >= 0.3 is 5.69 Å². The molecular formula is C11H15N3O4. The first-order valence-electron chi connectivity index (χ1n) is 5.73. The number of aromatic amines is 2. The molecular weight excluding hydrogens is 238 g/mol. The average Bonchev–Trinajstić information content (AvgIpc) is 2.27. The van der Waals surface area contributed by atoms with Crippen molar-refractivity contribution in [1.82, 2.24) is 14.9 Å². The van der Waals surface area contributed by atoms with Gasteiger partial charge in [0.05, 0.1) is 5.60 Å². The summed E-state index contributed by atoms with van der Waals surface area (Å²) in [6, 6.07) is 0. The third kappa shape index (κ3) is 2.51. The van der Waals surface area contributed by atoms with Crippen molar-refractivity contribution in [3.8, 4) is 0 Å². The zero-order chi connectivity index (χ0) is 13.3. The maximum atomic E-state index is 12.1. The Morgan fingerprint density at radius 1 is 1.50 bits per heavy atom. The van der Waals surface area contributed by atoms with E-state index in [9.17, 15) is 19.5 Å². The first-order valence-corrected chi connectivity index (χ1v) is 5.73. The van der Waals surface area contributed by atoms with Gasteiger partial charge in [-0.1, -0.05) is 0 Å². The SMILES string of the molecule is CC1(O)CCCN(C(=O)c2c[nH]c(=O)[nH]c2=O)C1. The third-order valence-electron chi connectivity index (χ3n) is 3.01. The second kappa shape index (κ2) is 4.41. The predicted molar refractivity (Wildman–Crippen MR) is 63.4 cm³/mol. The number of carbonyl (C=O) groups excluding carboxylic acids is 1. The van der Waals surface area contributed by atoms with Gasteiger partial charge in [-0.3, -0.25) is 14.6 Å². The molecule has 0 saturated carbocycles. The number of nitrogens with zero attached hydrogens (tertiary/aromatic N) is 1. The van der Waals surface area contributed by atoms with E-state index < -0.39 is 22.8 Å². The Morgan fingerprint density at radius 2 is 2.22 bits per heavy atom. The lowest BCUT2D eigenvalue weighted by atomic mass is 9.95. The van der Waals surface area contributed by atoms with Gasteiger partial charge in [-0.05, 0) is 19.8 Å². The van der Waals surface area contributed by atoms with Crippen LogP contribution in [0, 0.1) is 0 Å². The number of H-pyrrole nitrogens is 2. The van der Waals surface area contributed by atoms with Gasteiger partial charge in [0.2, 0.25) is 0 Å². The summed E-state index contributed by atoms with van der Waals surface area (Å²) in [5.41, 5.74) is -2.41. The monoisotopic (exact) mass is 253 g/mol. The number of amides is 1. The van der Waals surface area contributed by atoms with Gasteiger partial charge in [0.15, 0.2) is 0 Å². The Morgan fingerprint density at radius 3 is 2.83 bits per heavy atom. The van der Waals surface area contributed by atoms with Crippen molar-refractivity contribution < 1.29 is 9.90 Å². The number of carbonyl (C=O) groups is 1. The number of rotatable bonds is 1. The molecule has 1 aromatic rings. The highest BCUT2D eigenvalue weighted by Crippen LogP contribution is 2.20. The topological polar surface area (TPSA) is 106 Å². The molecule has 1 fully saturated rings. The molecule has 0 aromatic carbocycles. The van der Waals surface area contributed by atoms with E-state index in [1.165, 1.54) is 4.90 Å². The van der Waals surface area contributed by atoms with Crippen LogP contribution in [-0.4, -0.2) is 44.6 Å². The van der Waals surface area contributed by atoms with Crippen molar-refractivity contribution in [2.45, 2.75) is 25.4 Å². The molecule has 18 heavy (non-hydrogen) atoms. The second-order valence-electron chi connectivity index (χ2n) is 4.81. The van der Waals surface area contributed by atoms with Crippen molar-refractivity contribution >= 4 is 5.91 Å². The molecule has 7 heteroatoms. The molecule has 1 unspecified atom stereocenters. The zero-order valence-electron chi connectivity index (χ0n) is 10.0. The molecule has 0 radical (unpaired) electrons. The smallest absolute Gasteiger partial charge is 0.325 e. The van der Waals surface area contributed by atoms with Crippen molar-refractivity contribution in [2.75, 3.05) is 13.1 Å². The number of aliphatic hydroxyl groups is 1. The summed E-state index contributed by atoms with van der Waals surface area (Å²) in [6.07, 6.45) is 2.41. The second-order valence-corrected chi connectivity index (χ2v) is 4.81. The van der Waals surface area contributed by atoms with Gasteiger partial charge in [0, 0.05) is 19.3 Å². The van der Waals surface area contributed by atoms with Crippen LogP contribution < -0.4 is 11.2 Å². The molecule has 1 saturated heterocycles. The third-order valence-corrected chi connectivity index (χ3v) is 3.01. The highest BCUT2D eigenvalue weighted by molar-refractivity contribution is 5.93. The summed E-state index contributed by atoms with van der Waals surface area (Å²) >= 11 is 0. The fourth-order valence-electron chi connectivity index (χ4n) is 2.13. The number of nitrogens with one attached hydrogen (secondary N) is 2. The molecule has 2 heterocycles. The molecule has 0 spiro atoms. The van der Waals surface area contributed by atoms with E-state index in [1.54, 1.807) is 6.92 Å². The van der Waals surface area contributed by atoms with Crippen molar-refractivity contribution in [3.63, 3.8) is 0 Å². The lowest BCUT2D eigenvalue weighted by Crippen LogP contribution is -2.49. The first-order chi connectivity index (χ1) is 8.39. The number of aromatic nitrogens is 2. The highest BCUT2D eigenvalue weighted by Gasteiger charge is 2.32. The van der Waals surface area contributed by atoms with E-state index in [4.69, 9.17) is 0 Å². The Hall–Kier alpha value is -1.89. The Labute approximate surface area is 102 Å². The van der Waals surface area contributed by atoms with Gasteiger partial charge in [0.1, 0.15) is 5.56 Å². The minimum Gasteiger partial charge on any atom is -0.388 e. The van der Waals surface area contributed by atoms with E-state index in [-0.39, 0.29) is 12.1 Å². The first kappa shape index (κ1) is 12.6. The van der Waals surface area contributed by atoms with Crippen LogP contribution in [0.25, 0.3) is 0 Å². The van der Waals surface area contributed by atoms with Crippen LogP contribution in [0.4, 0.5) is 0 Å². The summed E-state index contributed by atoms with van der Waals surface area (Å²) in [7, 11) is 0. The van der Waals surface area contributed by atoms with Crippen LogP contribution in [0.3, 0.4) is 0 Å². The molecule has 0 bridgehead atoms. The van der Waals surface area contributed by atoms with Crippen molar-refractivity contribution in [1.29, 1.82) is 0 Å². The molecule has 1 amide bonds. The Kier molecular flexibility index (Phi) is 3.08. The number of β-amino-alcohol motifs (C(OH)–C–C–N with tert-alkyl or cyclic N) is 1. The van der Waals surface area contributed by atoms with Crippen molar-refractivity contribution in [3.05, 3.63) is 32.6 Å². The molecule has 1 aliphatic heterocycles. The van der Waals surface area contributed by atoms with E-state index in [0.29, 0.717) is 19.4 Å². The summed E-state index contributed by atoms with van der Waals surface area (Å²) < 4.78 is 0. The zero-order valence-corrected chi connectivity index (χ0v) is 10.0. The van der Waals surface area contributed by atoms with E-state index in [2.05, 4.69) is 4.98 Å². The molecule has 1 atom stereocenters. The molecule has 2 rings (SSSR count). The maximum Gasteiger partial charge on any atom is 0.325 e. The number of piperidine rings is 1. The standard InChI is InChI=1S/C11H15N3O4/c1-11(18)3-2-4-14(6-11)9(16)7-5-12-10(17)13-8(7)15/h5,18H,2-4,6H2,1H3,(H2,12,13,15,17). The lowest BCUT2D eigenvalue weighted by Gasteiger charge is -2.36. The molecule has 0 aliphatic carbocycles. The van der Waals surface area contributed by atoms with Gasteiger partial charge in [-0.15, -0.1) is 0 Å². The van der Waals surface area contributed by atoms with Gasteiger partial charge < -0.3 is 15.0 Å². The van der Waals surface area contributed by atoms with Gasteiger partial charge in [0.25, 0.3) is 11.5 Å². The highest BCUT2D eigenvalue weighted by atomic mass is 16.3. The summed E-state index contributed by atoms with van der Waals surface area (Å²) in [5.74, 6) is -0.479. The number of hydrogen-bond acceptors (Lipinski definition) is 4. The van der Waals surface area contributed by atoms with Crippen LogP contribution in [-0.2, 0) is 0 Å². The summed E-state index contributed by atoms with van der Waals surface area (Å²) in [4.78, 5) is 40.1. The normalized spacial score (nSPS) is 24.0. The minimum atomic E-state index is -0.928. The van der Waals surface area contributed by atoms with E-state index in [0.717, 1.165) is 6.20 Å². The quantitative estimate of drug-likeness (QED) is 0.600. The van der Waals surface area contributed by atoms with Crippen LogP contribution in [0.5, 0.6) is 0 Å². The van der Waals surface area contributed by atoms with E-state index >= 15 is 0 Å². The van der Waals surface area contributed by atoms with Crippen LogP contribution in [0.15, 0.2) is 15.8 Å². The van der Waals surface area contributed by atoms with Crippen molar-refractivity contribution in [2.24, 2.45) is 0 Å². The predicted octanol–water partition coefficient (Wildman–Crippen LogP) is -0.950. The molecule has 98 valence electrons. The number of likely N-dealkylation sites (tertiary alicyclic amines) is 1. The molecule has 1 aliphatic rings. The fraction of sp³-hybridized carbons (Fsp3) is 0.545. The molecule has 7 nitrogen and oxygen atoms in total. The lowest BCUT2D eigenvalue weighted by molar-refractivity contribution is -0.0108.